The van der Waals surface area contributed by atoms with Gasteiger partial charge < -0.3 is 18.4 Å². The zero-order valence-electron chi connectivity index (χ0n) is 6.16. The summed E-state index contributed by atoms with van der Waals surface area (Å²) in [6.07, 6.45) is -0.184. The van der Waals surface area contributed by atoms with Gasteiger partial charge >= 0.3 is 8.80 Å². The fraction of sp³-hybridized carbons (Fsp3) is 1.00. The molecule has 1 aliphatic heterocycles. The van der Waals surface area contributed by atoms with E-state index in [9.17, 15) is 0 Å². The minimum Gasteiger partial charge on any atom is -0.394 e. The molecule has 10 heavy (non-hydrogen) atoms. The van der Waals surface area contributed by atoms with Crippen LogP contribution in [-0.4, -0.2) is 40.3 Å². The Morgan fingerprint density at radius 3 is 2.80 bits per heavy atom. The van der Waals surface area contributed by atoms with Crippen molar-refractivity contribution in [3.63, 3.8) is 0 Å². The topological polar surface area (TPSA) is 47.9 Å². The van der Waals surface area contributed by atoms with Crippen LogP contribution in [0.25, 0.3) is 0 Å². The van der Waals surface area contributed by atoms with Crippen molar-refractivity contribution in [1.29, 1.82) is 0 Å². The van der Waals surface area contributed by atoms with E-state index >= 15 is 0 Å². The molecule has 1 aliphatic rings. The maximum Gasteiger partial charge on any atom is 0.497 e. The Bertz CT molecular complexity index is 120. The van der Waals surface area contributed by atoms with E-state index in [0.29, 0.717) is 6.61 Å². The van der Waals surface area contributed by atoms with Crippen LogP contribution in [0.2, 0.25) is 6.55 Å². The summed E-state index contributed by atoms with van der Waals surface area (Å²) in [6.45, 7) is 2.27. The lowest BCUT2D eigenvalue weighted by atomic mass is 10.4. The molecule has 1 rings (SSSR count). The summed E-state index contributed by atoms with van der Waals surface area (Å²) in [6, 6.07) is 0. The van der Waals surface area contributed by atoms with Crippen molar-refractivity contribution in [2.24, 2.45) is 0 Å². The molecule has 0 aromatic carbocycles. The Morgan fingerprint density at radius 1 is 1.80 bits per heavy atom. The summed E-state index contributed by atoms with van der Waals surface area (Å²) < 4.78 is 15.5. The average Bonchev–Trinajstić information content (AvgIpc) is 2.33. The average molecular weight is 164 g/mol. The highest BCUT2D eigenvalue weighted by Gasteiger charge is 2.42. The molecular weight excluding hydrogens is 152 g/mol. The molecule has 0 saturated carbocycles. The van der Waals surface area contributed by atoms with Crippen LogP contribution in [0.3, 0.4) is 0 Å². The van der Waals surface area contributed by atoms with E-state index in [1.807, 2.05) is 6.55 Å². The van der Waals surface area contributed by atoms with Gasteiger partial charge in [-0.15, -0.1) is 0 Å². The van der Waals surface area contributed by atoms with Crippen molar-refractivity contribution in [2.75, 3.05) is 20.3 Å². The number of rotatable bonds is 2. The summed E-state index contributed by atoms with van der Waals surface area (Å²) >= 11 is 0. The minimum absolute atomic E-state index is 0.00590. The second kappa shape index (κ2) is 2.98. The van der Waals surface area contributed by atoms with Crippen LogP contribution >= 0.6 is 0 Å². The van der Waals surface area contributed by atoms with Crippen LogP contribution in [0.4, 0.5) is 0 Å². The third-order valence-electron chi connectivity index (χ3n) is 1.49. The quantitative estimate of drug-likeness (QED) is 0.565. The van der Waals surface area contributed by atoms with Crippen LogP contribution in [0.5, 0.6) is 0 Å². The lowest BCUT2D eigenvalue weighted by molar-refractivity contribution is 0.110. The first kappa shape index (κ1) is 8.16. The van der Waals surface area contributed by atoms with E-state index in [4.69, 9.17) is 18.4 Å². The molecule has 5 heteroatoms. The molecule has 0 bridgehead atoms. The van der Waals surface area contributed by atoms with Crippen LogP contribution in [0, 0.1) is 0 Å². The smallest absolute Gasteiger partial charge is 0.394 e. The molecule has 0 aromatic rings. The van der Waals surface area contributed by atoms with E-state index in [1.54, 1.807) is 7.11 Å². The summed E-state index contributed by atoms with van der Waals surface area (Å²) in [5, 5.41) is 8.66. The van der Waals surface area contributed by atoms with Gasteiger partial charge in [-0.3, -0.25) is 0 Å². The van der Waals surface area contributed by atoms with Crippen LogP contribution in [-0.2, 0) is 13.3 Å². The second-order valence-electron chi connectivity index (χ2n) is 2.30. The van der Waals surface area contributed by atoms with Gasteiger partial charge in [0.25, 0.3) is 0 Å². The molecule has 0 aliphatic carbocycles. The SMILES string of the molecule is CO[Si]1(C)OCC(CO)O1. The largest absolute Gasteiger partial charge is 0.497 e. The first-order chi connectivity index (χ1) is 4.70. The Balaban J connectivity index is 2.41. The van der Waals surface area contributed by atoms with Gasteiger partial charge in [0.1, 0.15) is 0 Å². The first-order valence-corrected chi connectivity index (χ1v) is 5.40. The van der Waals surface area contributed by atoms with Crippen molar-refractivity contribution < 1.29 is 18.4 Å². The summed E-state index contributed by atoms with van der Waals surface area (Å²) in [5.74, 6) is 0. The summed E-state index contributed by atoms with van der Waals surface area (Å²) in [7, 11) is -0.743. The fourth-order valence-corrected chi connectivity index (χ4v) is 2.33. The monoisotopic (exact) mass is 164 g/mol. The Kier molecular flexibility index (Phi) is 2.43. The normalized spacial score (nSPS) is 40.5. The lowest BCUT2D eigenvalue weighted by Gasteiger charge is -2.15. The van der Waals surface area contributed by atoms with Crippen LogP contribution in [0.1, 0.15) is 0 Å². The lowest BCUT2D eigenvalue weighted by Crippen LogP contribution is -2.36. The first-order valence-electron chi connectivity index (χ1n) is 3.18. The van der Waals surface area contributed by atoms with E-state index in [1.165, 1.54) is 0 Å². The molecule has 1 saturated heterocycles. The molecule has 1 fully saturated rings. The van der Waals surface area contributed by atoms with Gasteiger partial charge in [-0.05, 0) is 0 Å². The molecule has 0 spiro atoms. The predicted octanol–water partition coefficient (Wildman–Crippen LogP) is -0.391. The molecule has 0 radical (unpaired) electrons. The zero-order chi connectivity index (χ0) is 7.61. The summed E-state index contributed by atoms with van der Waals surface area (Å²) in [4.78, 5) is 0. The summed E-state index contributed by atoms with van der Waals surface area (Å²) in [5.41, 5.74) is 0. The van der Waals surface area contributed by atoms with E-state index in [2.05, 4.69) is 0 Å². The van der Waals surface area contributed by atoms with Crippen molar-refractivity contribution in [3.8, 4) is 0 Å². The van der Waals surface area contributed by atoms with Crippen molar-refractivity contribution >= 4 is 8.80 Å². The second-order valence-corrected chi connectivity index (χ2v) is 4.96. The highest BCUT2D eigenvalue weighted by Crippen LogP contribution is 2.18. The van der Waals surface area contributed by atoms with Gasteiger partial charge in [0.05, 0.1) is 19.3 Å². The number of aliphatic hydroxyl groups is 1. The predicted molar refractivity (Wildman–Crippen MR) is 36.5 cm³/mol. The molecule has 1 N–H and O–H groups in total. The van der Waals surface area contributed by atoms with Gasteiger partial charge in [0.2, 0.25) is 0 Å². The number of hydrogen-bond acceptors (Lipinski definition) is 4. The Labute approximate surface area is 61.1 Å². The van der Waals surface area contributed by atoms with Crippen molar-refractivity contribution in [1.82, 2.24) is 0 Å². The van der Waals surface area contributed by atoms with Crippen LogP contribution < -0.4 is 0 Å². The highest BCUT2D eigenvalue weighted by molar-refractivity contribution is 6.59. The van der Waals surface area contributed by atoms with Crippen molar-refractivity contribution in [3.05, 3.63) is 0 Å². The van der Waals surface area contributed by atoms with Gasteiger partial charge in [0.15, 0.2) is 0 Å². The molecule has 60 valence electrons. The van der Waals surface area contributed by atoms with Gasteiger partial charge in [-0.2, -0.15) is 0 Å². The molecule has 4 nitrogen and oxygen atoms in total. The third kappa shape index (κ3) is 1.56. The Morgan fingerprint density at radius 2 is 2.50 bits per heavy atom. The molecule has 2 unspecified atom stereocenters. The molecule has 1 heterocycles. The van der Waals surface area contributed by atoms with Crippen LogP contribution in [0.15, 0.2) is 0 Å². The minimum atomic E-state index is -2.30. The maximum absolute atomic E-state index is 8.66. The Hall–Kier alpha value is 0.0569. The van der Waals surface area contributed by atoms with Gasteiger partial charge in [-0.25, -0.2) is 0 Å². The maximum atomic E-state index is 8.66. The zero-order valence-corrected chi connectivity index (χ0v) is 7.16. The van der Waals surface area contributed by atoms with E-state index < -0.39 is 8.80 Å². The van der Waals surface area contributed by atoms with Gasteiger partial charge in [-0.1, -0.05) is 0 Å². The van der Waals surface area contributed by atoms with Crippen molar-refractivity contribution in [2.45, 2.75) is 12.7 Å². The molecule has 2 atom stereocenters. The molecular formula is C5H12O4Si. The standard InChI is InChI=1S/C5H12O4Si/c1-7-10(2)8-4-5(3-6)9-10/h5-6H,3-4H2,1-2H3. The third-order valence-corrected chi connectivity index (χ3v) is 3.68. The molecule has 0 amide bonds. The highest BCUT2D eigenvalue weighted by atomic mass is 28.4. The van der Waals surface area contributed by atoms with E-state index in [-0.39, 0.29) is 12.7 Å². The number of hydrogen-bond donors (Lipinski definition) is 1. The fourth-order valence-electron chi connectivity index (χ4n) is 0.812. The van der Waals surface area contributed by atoms with E-state index in [0.717, 1.165) is 0 Å². The van der Waals surface area contributed by atoms with Gasteiger partial charge in [0, 0.05) is 13.7 Å². The molecule has 0 aromatic heterocycles. The number of aliphatic hydroxyl groups excluding tert-OH is 1.